The molecule has 2 N–H and O–H groups in total. The van der Waals surface area contributed by atoms with E-state index >= 15 is 0 Å². The zero-order chi connectivity index (χ0) is 13.4. The average Bonchev–Trinajstić information content (AvgIpc) is 2.30. The lowest BCUT2D eigenvalue weighted by Crippen LogP contribution is -2.65. The standard InChI is InChI=1S/C15H30N2S/c1-12-9-14(3,4)5-6-15(12,11-16)17-7-8-18-10-13(17)2/h12-13H,5-11,16H2,1-4H3. The third-order valence-electron chi connectivity index (χ3n) is 5.30. The molecule has 1 heterocycles. The molecule has 0 amide bonds. The SMILES string of the molecule is CC1CSCCN1C1(CN)CCC(C)(C)CC1C. The lowest BCUT2D eigenvalue weighted by Gasteiger charge is -2.56. The highest BCUT2D eigenvalue weighted by molar-refractivity contribution is 7.99. The zero-order valence-corrected chi connectivity index (χ0v) is 13.4. The van der Waals surface area contributed by atoms with Crippen molar-refractivity contribution in [2.75, 3.05) is 24.6 Å². The zero-order valence-electron chi connectivity index (χ0n) is 12.5. The number of thioether (sulfide) groups is 1. The van der Waals surface area contributed by atoms with E-state index in [0.717, 1.165) is 12.5 Å². The van der Waals surface area contributed by atoms with Crippen LogP contribution in [-0.4, -0.2) is 41.1 Å². The molecule has 3 heteroatoms. The molecule has 1 aliphatic heterocycles. The second kappa shape index (κ2) is 5.34. The molecule has 2 rings (SSSR count). The van der Waals surface area contributed by atoms with Gasteiger partial charge in [-0.25, -0.2) is 0 Å². The third-order valence-corrected chi connectivity index (χ3v) is 6.49. The number of nitrogens with two attached hydrogens (primary N) is 1. The fourth-order valence-corrected chi connectivity index (χ4v) is 5.17. The van der Waals surface area contributed by atoms with E-state index in [0.29, 0.717) is 11.5 Å². The summed E-state index contributed by atoms with van der Waals surface area (Å²) in [6.07, 6.45) is 3.93. The summed E-state index contributed by atoms with van der Waals surface area (Å²) in [5.41, 5.74) is 7.04. The lowest BCUT2D eigenvalue weighted by atomic mass is 9.63. The maximum absolute atomic E-state index is 6.26. The van der Waals surface area contributed by atoms with Crippen LogP contribution >= 0.6 is 11.8 Å². The minimum absolute atomic E-state index is 0.274. The Bertz CT molecular complexity index is 292. The summed E-state index contributed by atoms with van der Waals surface area (Å²) in [5.74, 6) is 3.27. The quantitative estimate of drug-likeness (QED) is 0.836. The molecule has 0 aromatic rings. The molecule has 3 unspecified atom stereocenters. The molecule has 1 saturated heterocycles. The van der Waals surface area contributed by atoms with Gasteiger partial charge in [0.2, 0.25) is 0 Å². The minimum Gasteiger partial charge on any atom is -0.329 e. The van der Waals surface area contributed by atoms with Crippen molar-refractivity contribution in [3.63, 3.8) is 0 Å². The van der Waals surface area contributed by atoms with Crippen molar-refractivity contribution in [2.24, 2.45) is 17.1 Å². The molecule has 2 fully saturated rings. The van der Waals surface area contributed by atoms with Gasteiger partial charge in [0, 0.05) is 36.2 Å². The van der Waals surface area contributed by atoms with Crippen molar-refractivity contribution in [1.82, 2.24) is 4.90 Å². The van der Waals surface area contributed by atoms with Crippen LogP contribution in [0.15, 0.2) is 0 Å². The smallest absolute Gasteiger partial charge is 0.0361 e. The first-order valence-electron chi connectivity index (χ1n) is 7.46. The first-order chi connectivity index (χ1) is 8.41. The van der Waals surface area contributed by atoms with Gasteiger partial charge in [-0.15, -0.1) is 0 Å². The minimum atomic E-state index is 0.274. The largest absolute Gasteiger partial charge is 0.329 e. The van der Waals surface area contributed by atoms with Gasteiger partial charge in [0.25, 0.3) is 0 Å². The Morgan fingerprint density at radius 1 is 1.28 bits per heavy atom. The Hall–Kier alpha value is 0.270. The van der Waals surface area contributed by atoms with Gasteiger partial charge in [-0.2, -0.15) is 11.8 Å². The highest BCUT2D eigenvalue weighted by Crippen LogP contribution is 2.47. The number of hydrogen-bond acceptors (Lipinski definition) is 3. The number of hydrogen-bond donors (Lipinski definition) is 1. The van der Waals surface area contributed by atoms with E-state index in [1.54, 1.807) is 0 Å². The van der Waals surface area contributed by atoms with Gasteiger partial charge in [0.05, 0.1) is 0 Å². The molecule has 0 aromatic heterocycles. The first-order valence-corrected chi connectivity index (χ1v) is 8.61. The summed E-state index contributed by atoms with van der Waals surface area (Å²) in [6, 6.07) is 0.691. The fraction of sp³-hybridized carbons (Fsp3) is 1.00. The molecular weight excluding hydrogens is 240 g/mol. The van der Waals surface area contributed by atoms with Crippen LogP contribution in [0.25, 0.3) is 0 Å². The van der Waals surface area contributed by atoms with Crippen LogP contribution in [-0.2, 0) is 0 Å². The number of rotatable bonds is 2. The van der Waals surface area contributed by atoms with E-state index in [9.17, 15) is 0 Å². The van der Waals surface area contributed by atoms with E-state index in [-0.39, 0.29) is 5.54 Å². The van der Waals surface area contributed by atoms with E-state index in [1.807, 2.05) is 0 Å². The van der Waals surface area contributed by atoms with Crippen molar-refractivity contribution in [2.45, 2.75) is 58.5 Å². The summed E-state index contributed by atoms with van der Waals surface area (Å²) >= 11 is 2.10. The van der Waals surface area contributed by atoms with E-state index < -0.39 is 0 Å². The molecule has 0 bridgehead atoms. The fourth-order valence-electron chi connectivity index (χ4n) is 4.16. The molecule has 106 valence electrons. The molecule has 18 heavy (non-hydrogen) atoms. The van der Waals surface area contributed by atoms with Gasteiger partial charge in [-0.1, -0.05) is 20.8 Å². The van der Waals surface area contributed by atoms with Crippen LogP contribution in [0, 0.1) is 11.3 Å². The summed E-state index contributed by atoms with van der Waals surface area (Å²) in [4.78, 5) is 2.75. The van der Waals surface area contributed by atoms with E-state index in [2.05, 4.69) is 44.4 Å². The van der Waals surface area contributed by atoms with Crippen molar-refractivity contribution in [3.05, 3.63) is 0 Å². The number of nitrogens with zero attached hydrogens (tertiary/aromatic N) is 1. The maximum Gasteiger partial charge on any atom is 0.0361 e. The molecule has 3 atom stereocenters. The highest BCUT2D eigenvalue weighted by atomic mass is 32.2. The second-order valence-corrected chi connectivity index (χ2v) is 8.34. The van der Waals surface area contributed by atoms with Crippen molar-refractivity contribution >= 4 is 11.8 Å². The van der Waals surface area contributed by atoms with Crippen LogP contribution < -0.4 is 5.73 Å². The predicted octanol–water partition coefficient (Wildman–Crippen LogP) is 2.97. The van der Waals surface area contributed by atoms with Gasteiger partial charge in [-0.05, 0) is 37.5 Å². The van der Waals surface area contributed by atoms with Crippen molar-refractivity contribution in [1.29, 1.82) is 0 Å². The van der Waals surface area contributed by atoms with Gasteiger partial charge in [-0.3, -0.25) is 4.90 Å². The molecule has 1 saturated carbocycles. The topological polar surface area (TPSA) is 29.3 Å². The average molecular weight is 270 g/mol. The lowest BCUT2D eigenvalue weighted by molar-refractivity contribution is -0.0365. The normalized spacial score (nSPS) is 41.8. The molecule has 0 spiro atoms. The highest BCUT2D eigenvalue weighted by Gasteiger charge is 2.48. The Balaban J connectivity index is 2.19. The van der Waals surface area contributed by atoms with Crippen LogP contribution in [0.5, 0.6) is 0 Å². The van der Waals surface area contributed by atoms with Gasteiger partial charge in [0.15, 0.2) is 0 Å². The molecule has 2 aliphatic rings. The monoisotopic (exact) mass is 270 g/mol. The van der Waals surface area contributed by atoms with Gasteiger partial charge < -0.3 is 5.73 Å². The summed E-state index contributed by atoms with van der Waals surface area (Å²) in [6.45, 7) is 11.7. The van der Waals surface area contributed by atoms with Gasteiger partial charge in [0.1, 0.15) is 0 Å². The summed E-state index contributed by atoms with van der Waals surface area (Å²) in [5, 5.41) is 0. The summed E-state index contributed by atoms with van der Waals surface area (Å²) in [7, 11) is 0. The maximum atomic E-state index is 6.26. The van der Waals surface area contributed by atoms with Crippen molar-refractivity contribution in [3.8, 4) is 0 Å². The Kier molecular flexibility index (Phi) is 4.35. The molecule has 2 nitrogen and oxygen atoms in total. The molecule has 0 radical (unpaired) electrons. The van der Waals surface area contributed by atoms with Crippen molar-refractivity contribution < 1.29 is 0 Å². The van der Waals surface area contributed by atoms with Crippen LogP contribution in [0.1, 0.15) is 47.0 Å². The predicted molar refractivity (Wildman–Crippen MR) is 82.1 cm³/mol. The molecule has 1 aliphatic carbocycles. The van der Waals surface area contributed by atoms with E-state index in [4.69, 9.17) is 5.73 Å². The first kappa shape index (κ1) is 14.7. The van der Waals surface area contributed by atoms with Crippen LogP contribution in [0.3, 0.4) is 0 Å². The summed E-state index contributed by atoms with van der Waals surface area (Å²) < 4.78 is 0. The second-order valence-electron chi connectivity index (χ2n) is 7.19. The van der Waals surface area contributed by atoms with Gasteiger partial charge >= 0.3 is 0 Å². The third kappa shape index (κ3) is 2.59. The van der Waals surface area contributed by atoms with E-state index in [1.165, 1.54) is 37.3 Å². The van der Waals surface area contributed by atoms with Crippen LogP contribution in [0.2, 0.25) is 0 Å². The Labute approximate surface area is 117 Å². The molecule has 0 aromatic carbocycles. The Morgan fingerprint density at radius 2 is 2.00 bits per heavy atom. The Morgan fingerprint density at radius 3 is 2.56 bits per heavy atom. The van der Waals surface area contributed by atoms with Crippen LogP contribution in [0.4, 0.5) is 0 Å². The molecular formula is C15H30N2S.